The van der Waals surface area contributed by atoms with E-state index in [0.717, 1.165) is 25.9 Å². The SMILES string of the molecule is CCCB1CN/C(C)=C2/C(=C\C=C\O1)C(C)NCN2C. The maximum Gasteiger partial charge on any atom is 0.376 e. The summed E-state index contributed by atoms with van der Waals surface area (Å²) in [6.45, 7) is 7.67. The average Bonchev–Trinajstić information content (AvgIpc) is 2.43. The van der Waals surface area contributed by atoms with E-state index in [1.807, 2.05) is 12.3 Å². The molecule has 0 amide bonds. The summed E-state index contributed by atoms with van der Waals surface area (Å²) < 4.78 is 5.80. The van der Waals surface area contributed by atoms with E-state index >= 15 is 0 Å². The van der Waals surface area contributed by atoms with Gasteiger partial charge in [-0.05, 0) is 31.8 Å². The molecule has 0 radical (unpaired) electrons. The quantitative estimate of drug-likeness (QED) is 0.757. The van der Waals surface area contributed by atoms with Crippen molar-refractivity contribution in [3.8, 4) is 0 Å². The zero-order valence-corrected chi connectivity index (χ0v) is 13.1. The Kier molecular flexibility index (Phi) is 5.18. The first kappa shape index (κ1) is 15.0. The number of hydrogen-bond donors (Lipinski definition) is 2. The molecule has 20 heavy (non-hydrogen) atoms. The number of rotatable bonds is 2. The van der Waals surface area contributed by atoms with E-state index in [4.69, 9.17) is 4.65 Å². The van der Waals surface area contributed by atoms with Gasteiger partial charge < -0.3 is 14.9 Å². The third kappa shape index (κ3) is 3.39. The fourth-order valence-corrected chi connectivity index (χ4v) is 2.80. The Morgan fingerprint density at radius 3 is 3.05 bits per heavy atom. The first-order valence-corrected chi connectivity index (χ1v) is 7.55. The maximum absolute atomic E-state index is 5.80. The van der Waals surface area contributed by atoms with E-state index in [0.29, 0.717) is 6.04 Å². The highest BCUT2D eigenvalue weighted by Gasteiger charge is 2.25. The molecule has 0 aliphatic carbocycles. The molecule has 110 valence electrons. The molecule has 4 nitrogen and oxygen atoms in total. The number of likely N-dealkylation sites (N-methyl/N-ethyl adjacent to an activating group) is 1. The van der Waals surface area contributed by atoms with Crippen LogP contribution in [0.3, 0.4) is 0 Å². The Labute approximate surface area is 123 Å². The third-order valence-corrected chi connectivity index (χ3v) is 3.94. The summed E-state index contributed by atoms with van der Waals surface area (Å²) in [5.74, 6) is 0. The second-order valence-electron chi connectivity index (χ2n) is 5.63. The normalized spacial score (nSPS) is 31.6. The molecule has 1 atom stereocenters. The lowest BCUT2D eigenvalue weighted by molar-refractivity contribution is 0.323. The van der Waals surface area contributed by atoms with E-state index in [1.165, 1.54) is 17.0 Å². The van der Waals surface area contributed by atoms with Gasteiger partial charge in [0.1, 0.15) is 0 Å². The first-order valence-electron chi connectivity index (χ1n) is 7.55. The van der Waals surface area contributed by atoms with Crippen LogP contribution in [0.1, 0.15) is 27.2 Å². The van der Waals surface area contributed by atoms with Gasteiger partial charge in [-0.1, -0.05) is 19.4 Å². The lowest BCUT2D eigenvalue weighted by Gasteiger charge is -2.37. The van der Waals surface area contributed by atoms with E-state index < -0.39 is 0 Å². The molecule has 5 heteroatoms. The van der Waals surface area contributed by atoms with Gasteiger partial charge in [0.15, 0.2) is 0 Å². The van der Waals surface area contributed by atoms with Crippen LogP contribution in [0.25, 0.3) is 0 Å². The standard InChI is InChI=1S/C15H26BN3O/c1-5-8-16-10-17-13(3)15-14(7-6-9-20-16)12(2)18-11-19(15)4/h6-7,9,12,17-18H,5,8,10-11H2,1-4H3/b9-6+,14-7-,15-13-. The Balaban J connectivity index is 2.29. The minimum Gasteiger partial charge on any atom is -0.564 e. The van der Waals surface area contributed by atoms with E-state index in [2.05, 4.69) is 49.4 Å². The Morgan fingerprint density at radius 2 is 2.30 bits per heavy atom. The van der Waals surface area contributed by atoms with Crippen LogP contribution in [0.2, 0.25) is 6.32 Å². The lowest BCUT2D eigenvalue weighted by atomic mass is 9.63. The molecule has 2 heterocycles. The summed E-state index contributed by atoms with van der Waals surface area (Å²) in [5, 5.41) is 7.03. The van der Waals surface area contributed by atoms with Crippen molar-refractivity contribution >= 4 is 6.92 Å². The van der Waals surface area contributed by atoms with Crippen molar-refractivity contribution in [1.29, 1.82) is 0 Å². The van der Waals surface area contributed by atoms with Crippen molar-refractivity contribution in [2.24, 2.45) is 0 Å². The van der Waals surface area contributed by atoms with Crippen LogP contribution in [0, 0.1) is 0 Å². The maximum atomic E-state index is 5.80. The molecule has 0 aromatic rings. The van der Waals surface area contributed by atoms with Crippen molar-refractivity contribution < 1.29 is 4.65 Å². The largest absolute Gasteiger partial charge is 0.564 e. The molecule has 0 spiro atoms. The number of fused-ring (bicyclic) bond motifs is 1. The fraction of sp³-hybridized carbons (Fsp3) is 0.600. The van der Waals surface area contributed by atoms with Crippen LogP contribution >= 0.6 is 0 Å². The molecule has 2 N–H and O–H groups in total. The number of nitrogens with zero attached hydrogens (tertiary/aromatic N) is 1. The second kappa shape index (κ2) is 6.89. The molecule has 2 aliphatic heterocycles. The van der Waals surface area contributed by atoms with Gasteiger partial charge in [0.05, 0.1) is 18.6 Å². The van der Waals surface area contributed by atoms with E-state index in [-0.39, 0.29) is 6.92 Å². The van der Waals surface area contributed by atoms with Crippen molar-refractivity contribution in [1.82, 2.24) is 15.5 Å². The van der Waals surface area contributed by atoms with Crippen LogP contribution < -0.4 is 10.6 Å². The van der Waals surface area contributed by atoms with Crippen molar-refractivity contribution in [2.45, 2.75) is 39.6 Å². The molecule has 1 fully saturated rings. The van der Waals surface area contributed by atoms with E-state index in [1.54, 1.807) is 0 Å². The molecule has 1 saturated heterocycles. The van der Waals surface area contributed by atoms with Gasteiger partial charge in [0, 0.05) is 25.2 Å². The Hall–Kier alpha value is -1.36. The highest BCUT2D eigenvalue weighted by Crippen LogP contribution is 2.24. The predicted octanol–water partition coefficient (Wildman–Crippen LogP) is 2.10. The minimum absolute atomic E-state index is 0.242. The molecule has 1 unspecified atom stereocenters. The molecule has 0 saturated carbocycles. The fourth-order valence-electron chi connectivity index (χ4n) is 2.80. The number of nitrogens with one attached hydrogen (secondary N) is 2. The van der Waals surface area contributed by atoms with Gasteiger partial charge in [-0.3, -0.25) is 5.32 Å². The summed E-state index contributed by atoms with van der Waals surface area (Å²) in [6.07, 6.45) is 9.07. The van der Waals surface area contributed by atoms with Crippen LogP contribution in [0.15, 0.2) is 35.4 Å². The van der Waals surface area contributed by atoms with Gasteiger partial charge in [0.25, 0.3) is 0 Å². The van der Waals surface area contributed by atoms with Crippen molar-refractivity contribution in [3.05, 3.63) is 35.4 Å². The molecular formula is C15H26BN3O. The Bertz CT molecular complexity index is 431. The lowest BCUT2D eigenvalue weighted by Crippen LogP contribution is -2.46. The third-order valence-electron chi connectivity index (χ3n) is 3.94. The zero-order chi connectivity index (χ0) is 14.5. The monoisotopic (exact) mass is 275 g/mol. The van der Waals surface area contributed by atoms with Gasteiger partial charge in [-0.25, -0.2) is 0 Å². The molecule has 0 bridgehead atoms. The highest BCUT2D eigenvalue weighted by molar-refractivity contribution is 6.52. The van der Waals surface area contributed by atoms with Crippen LogP contribution in [-0.2, 0) is 4.65 Å². The number of allylic oxidation sites excluding steroid dienone is 3. The average molecular weight is 275 g/mol. The minimum atomic E-state index is 0.242. The van der Waals surface area contributed by atoms with Crippen molar-refractivity contribution in [3.63, 3.8) is 0 Å². The first-order chi connectivity index (χ1) is 9.63. The van der Waals surface area contributed by atoms with Crippen LogP contribution in [0.5, 0.6) is 0 Å². The van der Waals surface area contributed by atoms with Gasteiger partial charge >= 0.3 is 6.92 Å². The number of hydrogen-bond acceptors (Lipinski definition) is 4. The van der Waals surface area contributed by atoms with E-state index in [9.17, 15) is 0 Å². The second-order valence-corrected chi connectivity index (χ2v) is 5.63. The van der Waals surface area contributed by atoms with Gasteiger partial charge in [-0.15, -0.1) is 0 Å². The topological polar surface area (TPSA) is 36.5 Å². The summed E-state index contributed by atoms with van der Waals surface area (Å²) in [6, 6.07) is 0.355. The smallest absolute Gasteiger partial charge is 0.376 e. The molecule has 2 aliphatic rings. The van der Waals surface area contributed by atoms with Crippen LogP contribution in [0.4, 0.5) is 0 Å². The summed E-state index contributed by atoms with van der Waals surface area (Å²) in [4.78, 5) is 2.26. The highest BCUT2D eigenvalue weighted by atomic mass is 16.4. The zero-order valence-electron chi connectivity index (χ0n) is 13.1. The summed E-state index contributed by atoms with van der Waals surface area (Å²) in [7, 11) is 2.13. The molecule has 0 aromatic carbocycles. The van der Waals surface area contributed by atoms with Gasteiger partial charge in [0.2, 0.25) is 0 Å². The summed E-state index contributed by atoms with van der Waals surface area (Å²) in [5.41, 5.74) is 3.84. The molecule has 0 aromatic heterocycles. The summed E-state index contributed by atoms with van der Waals surface area (Å²) >= 11 is 0. The molecule has 2 rings (SSSR count). The molecular weight excluding hydrogens is 249 g/mol. The predicted molar refractivity (Wildman–Crippen MR) is 85.1 cm³/mol. The van der Waals surface area contributed by atoms with Crippen molar-refractivity contribution in [2.75, 3.05) is 20.2 Å². The van der Waals surface area contributed by atoms with Gasteiger partial charge in [-0.2, -0.15) is 0 Å². The van der Waals surface area contributed by atoms with Crippen LogP contribution in [-0.4, -0.2) is 38.0 Å². The Morgan fingerprint density at radius 1 is 1.50 bits per heavy atom.